The molecule has 0 amide bonds. The zero-order valence-electron chi connectivity index (χ0n) is 11.1. The molecule has 1 heterocycles. The predicted octanol–water partition coefficient (Wildman–Crippen LogP) is 3.60. The Hall–Kier alpha value is -2.44. The number of nitrogens with one attached hydrogen (secondary N) is 1. The van der Waals surface area contributed by atoms with E-state index in [1.165, 1.54) is 18.2 Å². The zero-order valence-corrected chi connectivity index (χ0v) is 11.1. The molecule has 7 heteroatoms. The fourth-order valence-electron chi connectivity index (χ4n) is 1.60. The molecule has 0 atom stereocenters. The number of aromatic nitrogens is 1. The number of anilines is 1. The van der Waals surface area contributed by atoms with Gasteiger partial charge in [-0.2, -0.15) is 0 Å². The topological polar surface area (TPSA) is 43.4 Å². The van der Waals surface area contributed by atoms with Gasteiger partial charge >= 0.3 is 6.36 Å². The number of para-hydroxylation sites is 2. The van der Waals surface area contributed by atoms with E-state index in [1.807, 2.05) is 0 Å². The highest BCUT2D eigenvalue weighted by atomic mass is 19.4. The minimum absolute atomic E-state index is 0.0209. The van der Waals surface area contributed by atoms with Crippen molar-refractivity contribution in [1.82, 2.24) is 4.98 Å². The fraction of sp³-hybridized carbons (Fsp3) is 0.214. The Morgan fingerprint density at radius 2 is 1.81 bits per heavy atom. The molecule has 1 aromatic heterocycles. The summed E-state index contributed by atoms with van der Waals surface area (Å²) in [7, 11) is 1.74. The first-order valence-corrected chi connectivity index (χ1v) is 6.08. The van der Waals surface area contributed by atoms with E-state index >= 15 is 0 Å². The summed E-state index contributed by atoms with van der Waals surface area (Å²) >= 11 is 0. The number of pyridine rings is 1. The molecular formula is C14H13F3N2O2. The van der Waals surface area contributed by atoms with Gasteiger partial charge < -0.3 is 14.8 Å². The Morgan fingerprint density at radius 1 is 1.10 bits per heavy atom. The van der Waals surface area contributed by atoms with Crippen LogP contribution in [0.2, 0.25) is 0 Å². The summed E-state index contributed by atoms with van der Waals surface area (Å²) in [6, 6.07) is 9.14. The number of benzene rings is 1. The average Bonchev–Trinajstić information content (AvgIpc) is 2.45. The van der Waals surface area contributed by atoms with E-state index in [0.29, 0.717) is 5.82 Å². The first kappa shape index (κ1) is 15.0. The van der Waals surface area contributed by atoms with Crippen LogP contribution in [0.5, 0.6) is 11.5 Å². The SMILES string of the molecule is CNc1ccc(COc2ccccc2OC(F)(F)F)cn1. The third kappa shape index (κ3) is 4.55. The summed E-state index contributed by atoms with van der Waals surface area (Å²) in [5, 5.41) is 2.87. The molecule has 2 aromatic rings. The van der Waals surface area contributed by atoms with Crippen LogP contribution >= 0.6 is 0 Å². The van der Waals surface area contributed by atoms with Gasteiger partial charge in [0.05, 0.1) is 0 Å². The first-order chi connectivity index (χ1) is 9.98. The Balaban J connectivity index is 2.05. The minimum Gasteiger partial charge on any atom is -0.485 e. The van der Waals surface area contributed by atoms with Crippen molar-refractivity contribution in [2.45, 2.75) is 13.0 Å². The molecule has 0 aliphatic rings. The van der Waals surface area contributed by atoms with Gasteiger partial charge in [0.25, 0.3) is 0 Å². The Labute approximate surface area is 119 Å². The van der Waals surface area contributed by atoms with Crippen LogP contribution in [0.4, 0.5) is 19.0 Å². The minimum atomic E-state index is -4.75. The van der Waals surface area contributed by atoms with Crippen LogP contribution in [-0.2, 0) is 6.61 Å². The second kappa shape index (κ2) is 6.34. The smallest absolute Gasteiger partial charge is 0.485 e. The van der Waals surface area contributed by atoms with Crippen LogP contribution < -0.4 is 14.8 Å². The maximum atomic E-state index is 12.3. The Kier molecular flexibility index (Phi) is 4.52. The number of rotatable bonds is 5. The molecule has 0 saturated carbocycles. The van der Waals surface area contributed by atoms with Gasteiger partial charge in [0.15, 0.2) is 11.5 Å². The average molecular weight is 298 g/mol. The van der Waals surface area contributed by atoms with Crippen LogP contribution in [0, 0.1) is 0 Å². The molecule has 0 aliphatic carbocycles. The normalized spacial score (nSPS) is 11.0. The number of hydrogen-bond donors (Lipinski definition) is 1. The second-order valence-corrected chi connectivity index (χ2v) is 4.08. The highest BCUT2D eigenvalue weighted by Crippen LogP contribution is 2.32. The van der Waals surface area contributed by atoms with Gasteiger partial charge in [0.2, 0.25) is 0 Å². The lowest BCUT2D eigenvalue weighted by molar-refractivity contribution is -0.275. The molecule has 0 spiro atoms. The maximum absolute atomic E-state index is 12.3. The highest BCUT2D eigenvalue weighted by Gasteiger charge is 2.32. The van der Waals surface area contributed by atoms with Crippen LogP contribution in [0.3, 0.4) is 0 Å². The molecule has 0 bridgehead atoms. The number of ether oxygens (including phenoxy) is 2. The number of nitrogens with zero attached hydrogens (tertiary/aromatic N) is 1. The second-order valence-electron chi connectivity index (χ2n) is 4.08. The van der Waals surface area contributed by atoms with Crippen molar-refractivity contribution in [1.29, 1.82) is 0 Å². The van der Waals surface area contributed by atoms with Gasteiger partial charge in [-0.25, -0.2) is 4.98 Å². The summed E-state index contributed by atoms with van der Waals surface area (Å²) in [6.07, 6.45) is -3.17. The molecule has 0 saturated heterocycles. The van der Waals surface area contributed by atoms with Gasteiger partial charge in [-0.1, -0.05) is 18.2 Å². The van der Waals surface area contributed by atoms with E-state index in [1.54, 1.807) is 31.4 Å². The monoisotopic (exact) mass is 298 g/mol. The van der Waals surface area contributed by atoms with Gasteiger partial charge in [0.1, 0.15) is 12.4 Å². The quantitative estimate of drug-likeness (QED) is 0.916. The molecule has 112 valence electrons. The van der Waals surface area contributed by atoms with Crippen LogP contribution in [0.25, 0.3) is 0 Å². The van der Waals surface area contributed by atoms with Crippen LogP contribution in [0.15, 0.2) is 42.6 Å². The van der Waals surface area contributed by atoms with E-state index in [-0.39, 0.29) is 18.1 Å². The maximum Gasteiger partial charge on any atom is 0.573 e. The molecule has 0 fully saturated rings. The fourth-order valence-corrected chi connectivity index (χ4v) is 1.60. The van der Waals surface area contributed by atoms with E-state index in [0.717, 1.165) is 5.56 Å². The third-order valence-electron chi connectivity index (χ3n) is 2.55. The van der Waals surface area contributed by atoms with Crippen molar-refractivity contribution in [2.75, 3.05) is 12.4 Å². The first-order valence-electron chi connectivity index (χ1n) is 6.08. The largest absolute Gasteiger partial charge is 0.573 e. The number of alkyl halides is 3. The lowest BCUT2D eigenvalue weighted by Crippen LogP contribution is -2.17. The zero-order chi connectivity index (χ0) is 15.3. The standard InChI is InChI=1S/C14H13F3N2O2/c1-18-13-7-6-10(8-19-13)9-20-11-4-2-3-5-12(11)21-14(15,16)17/h2-8H,9H2,1H3,(H,18,19). The van der Waals surface area contributed by atoms with Gasteiger partial charge in [-0.05, 0) is 18.2 Å². The molecular weight excluding hydrogens is 285 g/mol. The molecule has 0 radical (unpaired) electrons. The van der Waals surface area contributed by atoms with E-state index in [9.17, 15) is 13.2 Å². The Bertz CT molecular complexity index is 586. The van der Waals surface area contributed by atoms with E-state index < -0.39 is 6.36 Å². The van der Waals surface area contributed by atoms with E-state index in [2.05, 4.69) is 15.0 Å². The van der Waals surface area contributed by atoms with Gasteiger partial charge in [-0.3, -0.25) is 0 Å². The summed E-state index contributed by atoms with van der Waals surface area (Å²) in [5.74, 6) is 0.344. The van der Waals surface area contributed by atoms with Crippen molar-refractivity contribution in [3.05, 3.63) is 48.2 Å². The molecule has 1 aromatic carbocycles. The summed E-state index contributed by atoms with van der Waals surface area (Å²) in [5.41, 5.74) is 0.732. The number of hydrogen-bond acceptors (Lipinski definition) is 4. The lowest BCUT2D eigenvalue weighted by Gasteiger charge is -2.13. The lowest BCUT2D eigenvalue weighted by atomic mass is 10.3. The predicted molar refractivity (Wildman–Crippen MR) is 71.2 cm³/mol. The molecule has 0 unspecified atom stereocenters. The van der Waals surface area contributed by atoms with Crippen LogP contribution in [-0.4, -0.2) is 18.4 Å². The van der Waals surface area contributed by atoms with Crippen molar-refractivity contribution in [3.8, 4) is 11.5 Å². The van der Waals surface area contributed by atoms with Crippen molar-refractivity contribution in [2.24, 2.45) is 0 Å². The molecule has 21 heavy (non-hydrogen) atoms. The van der Waals surface area contributed by atoms with Crippen molar-refractivity contribution in [3.63, 3.8) is 0 Å². The van der Waals surface area contributed by atoms with Crippen molar-refractivity contribution < 1.29 is 22.6 Å². The molecule has 1 N–H and O–H groups in total. The summed E-state index contributed by atoms with van der Waals surface area (Å²) < 4.78 is 46.1. The molecule has 2 rings (SSSR count). The Morgan fingerprint density at radius 3 is 2.38 bits per heavy atom. The summed E-state index contributed by atoms with van der Waals surface area (Å²) in [4.78, 5) is 4.09. The van der Waals surface area contributed by atoms with Crippen LogP contribution in [0.1, 0.15) is 5.56 Å². The summed E-state index contributed by atoms with van der Waals surface area (Å²) in [6.45, 7) is 0.0925. The molecule has 0 aliphatic heterocycles. The molecule has 4 nitrogen and oxygen atoms in total. The van der Waals surface area contributed by atoms with Gasteiger partial charge in [0, 0.05) is 18.8 Å². The van der Waals surface area contributed by atoms with Crippen molar-refractivity contribution >= 4 is 5.82 Å². The third-order valence-corrected chi connectivity index (χ3v) is 2.55. The van der Waals surface area contributed by atoms with E-state index in [4.69, 9.17) is 4.74 Å². The van der Waals surface area contributed by atoms with Gasteiger partial charge in [-0.15, -0.1) is 13.2 Å². The highest BCUT2D eigenvalue weighted by molar-refractivity contribution is 5.40. The number of halogens is 3.